The van der Waals surface area contributed by atoms with E-state index in [1.165, 1.54) is 0 Å². The first kappa shape index (κ1) is 20.2. The lowest BCUT2D eigenvalue weighted by atomic mass is 10.1. The van der Waals surface area contributed by atoms with Crippen LogP contribution in [0.3, 0.4) is 0 Å². The Kier molecular flexibility index (Phi) is 7.55. The van der Waals surface area contributed by atoms with Crippen molar-refractivity contribution in [1.29, 1.82) is 0 Å². The molecule has 0 heterocycles. The molecule has 2 rings (SSSR count). The molecular weight excluding hydrogens is 342 g/mol. The minimum Gasteiger partial charge on any atom is -0.347 e. The molecular formula is C21H25N3O3. The van der Waals surface area contributed by atoms with Crippen molar-refractivity contribution in [3.8, 4) is 0 Å². The Morgan fingerprint density at radius 3 is 2.07 bits per heavy atom. The van der Waals surface area contributed by atoms with Crippen LogP contribution in [0.1, 0.15) is 29.8 Å². The van der Waals surface area contributed by atoms with Crippen molar-refractivity contribution in [3.05, 3.63) is 65.7 Å². The molecule has 2 aromatic carbocycles. The van der Waals surface area contributed by atoms with E-state index in [1.54, 1.807) is 29.2 Å². The van der Waals surface area contributed by atoms with E-state index in [0.29, 0.717) is 24.3 Å². The van der Waals surface area contributed by atoms with Gasteiger partial charge in [-0.05, 0) is 43.7 Å². The first-order valence-electron chi connectivity index (χ1n) is 9.03. The van der Waals surface area contributed by atoms with Gasteiger partial charge < -0.3 is 15.5 Å². The first-order valence-corrected chi connectivity index (χ1v) is 9.03. The molecule has 0 aliphatic carbocycles. The molecule has 142 valence electrons. The van der Waals surface area contributed by atoms with Gasteiger partial charge in [-0.2, -0.15) is 0 Å². The van der Waals surface area contributed by atoms with Crippen LogP contribution in [-0.2, 0) is 16.0 Å². The number of hydrogen-bond donors (Lipinski definition) is 2. The number of amides is 3. The van der Waals surface area contributed by atoms with Crippen LogP contribution in [0.2, 0.25) is 0 Å². The molecule has 27 heavy (non-hydrogen) atoms. The summed E-state index contributed by atoms with van der Waals surface area (Å²) < 4.78 is 0. The van der Waals surface area contributed by atoms with Crippen molar-refractivity contribution in [3.63, 3.8) is 0 Å². The molecule has 0 spiro atoms. The third kappa shape index (κ3) is 6.26. The highest BCUT2D eigenvalue weighted by Crippen LogP contribution is 2.11. The number of nitrogens with zero attached hydrogens (tertiary/aromatic N) is 1. The zero-order chi connectivity index (χ0) is 19.6. The Bertz CT molecular complexity index is 769. The zero-order valence-corrected chi connectivity index (χ0v) is 15.7. The van der Waals surface area contributed by atoms with E-state index in [2.05, 4.69) is 10.6 Å². The summed E-state index contributed by atoms with van der Waals surface area (Å²) >= 11 is 0. The highest BCUT2D eigenvalue weighted by atomic mass is 16.2. The maximum atomic E-state index is 12.3. The molecule has 0 saturated carbocycles. The summed E-state index contributed by atoms with van der Waals surface area (Å²) in [6.45, 7) is 5.06. The molecule has 0 fully saturated rings. The van der Waals surface area contributed by atoms with Crippen LogP contribution in [0.25, 0.3) is 0 Å². The standard InChI is InChI=1S/C21H25N3O3/c1-3-24(4-2)21(27)17-10-12-18(13-11-17)23-20(26)15-22-19(25)14-16-8-6-5-7-9-16/h5-13H,3-4,14-15H2,1-2H3,(H,22,25)(H,23,26). The fourth-order valence-electron chi connectivity index (χ4n) is 2.62. The summed E-state index contributed by atoms with van der Waals surface area (Å²) in [5.74, 6) is -0.568. The van der Waals surface area contributed by atoms with Crippen molar-refractivity contribution in [1.82, 2.24) is 10.2 Å². The second-order valence-corrected chi connectivity index (χ2v) is 6.04. The van der Waals surface area contributed by atoms with Crippen LogP contribution in [0.4, 0.5) is 5.69 Å². The fourth-order valence-corrected chi connectivity index (χ4v) is 2.62. The molecule has 0 bridgehead atoms. The molecule has 0 unspecified atom stereocenters. The van der Waals surface area contributed by atoms with Gasteiger partial charge in [0, 0.05) is 24.3 Å². The smallest absolute Gasteiger partial charge is 0.253 e. The van der Waals surface area contributed by atoms with E-state index >= 15 is 0 Å². The molecule has 0 saturated heterocycles. The normalized spacial score (nSPS) is 10.1. The van der Waals surface area contributed by atoms with Gasteiger partial charge in [-0.15, -0.1) is 0 Å². The van der Waals surface area contributed by atoms with Crippen molar-refractivity contribution in [2.24, 2.45) is 0 Å². The lowest BCUT2D eigenvalue weighted by Gasteiger charge is -2.18. The van der Waals surface area contributed by atoms with Crippen molar-refractivity contribution in [2.75, 3.05) is 25.0 Å². The molecule has 0 aromatic heterocycles. The third-order valence-electron chi connectivity index (χ3n) is 4.12. The predicted octanol–water partition coefficient (Wildman–Crippen LogP) is 2.47. The minimum atomic E-state index is -0.320. The number of hydrogen-bond acceptors (Lipinski definition) is 3. The number of nitrogens with one attached hydrogen (secondary N) is 2. The molecule has 0 aliphatic rings. The van der Waals surface area contributed by atoms with E-state index in [9.17, 15) is 14.4 Å². The van der Waals surface area contributed by atoms with Crippen LogP contribution < -0.4 is 10.6 Å². The van der Waals surface area contributed by atoms with Gasteiger partial charge in [0.25, 0.3) is 5.91 Å². The Morgan fingerprint density at radius 2 is 1.48 bits per heavy atom. The van der Waals surface area contributed by atoms with Gasteiger partial charge >= 0.3 is 0 Å². The van der Waals surface area contributed by atoms with Crippen LogP contribution >= 0.6 is 0 Å². The minimum absolute atomic E-state index is 0.0361. The molecule has 0 atom stereocenters. The summed E-state index contributed by atoms with van der Waals surface area (Å²) in [7, 11) is 0. The number of carbonyl (C=O) groups excluding carboxylic acids is 3. The zero-order valence-electron chi connectivity index (χ0n) is 15.7. The first-order chi connectivity index (χ1) is 13.0. The Hall–Kier alpha value is -3.15. The largest absolute Gasteiger partial charge is 0.347 e. The summed E-state index contributed by atoms with van der Waals surface area (Å²) in [4.78, 5) is 37.9. The average Bonchev–Trinajstić information content (AvgIpc) is 2.68. The maximum Gasteiger partial charge on any atom is 0.253 e. The number of benzene rings is 2. The van der Waals surface area contributed by atoms with Gasteiger partial charge in [-0.1, -0.05) is 30.3 Å². The van der Waals surface area contributed by atoms with Crippen LogP contribution in [-0.4, -0.2) is 42.3 Å². The second kappa shape index (κ2) is 10.1. The number of carbonyl (C=O) groups is 3. The Balaban J connectivity index is 1.81. The molecule has 2 N–H and O–H groups in total. The number of anilines is 1. The molecule has 6 nitrogen and oxygen atoms in total. The highest BCUT2D eigenvalue weighted by Gasteiger charge is 2.12. The second-order valence-electron chi connectivity index (χ2n) is 6.04. The Morgan fingerprint density at radius 1 is 0.852 bits per heavy atom. The number of rotatable bonds is 8. The fraction of sp³-hybridized carbons (Fsp3) is 0.286. The van der Waals surface area contributed by atoms with E-state index < -0.39 is 0 Å². The highest BCUT2D eigenvalue weighted by molar-refractivity contribution is 5.97. The van der Waals surface area contributed by atoms with Gasteiger partial charge in [-0.25, -0.2) is 0 Å². The third-order valence-corrected chi connectivity index (χ3v) is 4.12. The quantitative estimate of drug-likeness (QED) is 0.752. The molecule has 6 heteroatoms. The van der Waals surface area contributed by atoms with E-state index in [4.69, 9.17) is 0 Å². The van der Waals surface area contributed by atoms with Gasteiger partial charge in [0.1, 0.15) is 0 Å². The predicted molar refractivity (Wildman–Crippen MR) is 105 cm³/mol. The van der Waals surface area contributed by atoms with E-state index in [0.717, 1.165) is 5.56 Å². The van der Waals surface area contributed by atoms with Gasteiger partial charge in [0.15, 0.2) is 0 Å². The van der Waals surface area contributed by atoms with Crippen molar-refractivity contribution >= 4 is 23.4 Å². The molecule has 0 aliphatic heterocycles. The summed E-state index contributed by atoms with van der Waals surface area (Å²) in [6.07, 6.45) is 0.232. The lowest BCUT2D eigenvalue weighted by molar-refractivity contribution is -0.123. The Labute approximate surface area is 159 Å². The van der Waals surface area contributed by atoms with Crippen LogP contribution in [0.5, 0.6) is 0 Å². The molecule has 0 radical (unpaired) electrons. The SMILES string of the molecule is CCN(CC)C(=O)c1ccc(NC(=O)CNC(=O)Cc2ccccc2)cc1. The van der Waals surface area contributed by atoms with Gasteiger partial charge in [0.2, 0.25) is 11.8 Å². The topological polar surface area (TPSA) is 78.5 Å². The lowest BCUT2D eigenvalue weighted by Crippen LogP contribution is -2.33. The van der Waals surface area contributed by atoms with E-state index in [1.807, 2.05) is 44.2 Å². The monoisotopic (exact) mass is 367 g/mol. The van der Waals surface area contributed by atoms with Gasteiger partial charge in [0.05, 0.1) is 13.0 Å². The summed E-state index contributed by atoms with van der Waals surface area (Å²) in [5.41, 5.74) is 2.05. The summed E-state index contributed by atoms with van der Waals surface area (Å²) in [5, 5.41) is 5.31. The van der Waals surface area contributed by atoms with Crippen LogP contribution in [0.15, 0.2) is 54.6 Å². The molecule has 3 amide bonds. The van der Waals surface area contributed by atoms with Gasteiger partial charge in [-0.3, -0.25) is 14.4 Å². The summed E-state index contributed by atoms with van der Waals surface area (Å²) in [6, 6.07) is 16.1. The van der Waals surface area contributed by atoms with Crippen molar-refractivity contribution < 1.29 is 14.4 Å². The van der Waals surface area contributed by atoms with E-state index in [-0.39, 0.29) is 30.7 Å². The molecule has 2 aromatic rings. The maximum absolute atomic E-state index is 12.3. The van der Waals surface area contributed by atoms with Crippen molar-refractivity contribution in [2.45, 2.75) is 20.3 Å². The van der Waals surface area contributed by atoms with Crippen LogP contribution in [0, 0.1) is 0 Å². The average molecular weight is 367 g/mol.